The van der Waals surface area contributed by atoms with E-state index in [9.17, 15) is 4.39 Å². The molecule has 1 aromatic carbocycles. The molecule has 0 aliphatic heterocycles. The van der Waals surface area contributed by atoms with Gasteiger partial charge in [0, 0.05) is 29.7 Å². The molecule has 0 radical (unpaired) electrons. The number of nitrogens with zero attached hydrogens (tertiary/aromatic N) is 3. The summed E-state index contributed by atoms with van der Waals surface area (Å²) in [6.07, 6.45) is 6.04. The first kappa shape index (κ1) is 18.9. The van der Waals surface area contributed by atoms with E-state index in [1.54, 1.807) is 0 Å². The standard InChI is InChI=1S/C23H21FN4O/c24-19-13-12-16(27-22(19)15-26-29)7-5-6-14-25-23-17-8-1-3-10-20(17)28-21-11-4-2-9-18(21)23/h1,3,8,10,12-13,15,29H,2,4,6,9,11,14H2,(H,25,28)/b26-15-. The predicted molar refractivity (Wildman–Crippen MR) is 112 cm³/mol. The van der Waals surface area contributed by atoms with Gasteiger partial charge in [0.25, 0.3) is 0 Å². The molecule has 4 rings (SSSR count). The Hall–Kier alpha value is -3.46. The van der Waals surface area contributed by atoms with Crippen molar-refractivity contribution in [1.29, 1.82) is 0 Å². The molecule has 1 aliphatic rings. The zero-order chi connectivity index (χ0) is 20.1. The number of benzene rings is 1. The van der Waals surface area contributed by atoms with Crippen molar-refractivity contribution in [2.24, 2.45) is 5.16 Å². The van der Waals surface area contributed by atoms with E-state index in [2.05, 4.69) is 39.4 Å². The maximum absolute atomic E-state index is 13.5. The summed E-state index contributed by atoms with van der Waals surface area (Å²) in [4.78, 5) is 8.89. The van der Waals surface area contributed by atoms with Gasteiger partial charge in [-0.05, 0) is 55.4 Å². The SMILES string of the molecule is O/N=C\c1nc(C#CCCNc2c3c(nc4ccccc24)CCCC3)ccc1F. The Morgan fingerprint density at radius 1 is 1.14 bits per heavy atom. The maximum Gasteiger partial charge on any atom is 0.150 e. The van der Waals surface area contributed by atoms with Gasteiger partial charge in [-0.25, -0.2) is 9.37 Å². The Labute approximate surface area is 168 Å². The Bertz CT molecular complexity index is 1130. The minimum absolute atomic E-state index is 0.0349. The molecule has 0 amide bonds. The molecule has 5 nitrogen and oxygen atoms in total. The number of pyridine rings is 2. The fourth-order valence-corrected chi connectivity index (χ4v) is 3.65. The summed E-state index contributed by atoms with van der Waals surface area (Å²) in [5.41, 5.74) is 5.14. The van der Waals surface area contributed by atoms with E-state index < -0.39 is 5.82 Å². The summed E-state index contributed by atoms with van der Waals surface area (Å²) in [5.74, 6) is 5.45. The minimum atomic E-state index is -0.552. The summed E-state index contributed by atoms with van der Waals surface area (Å²) in [6, 6.07) is 11.0. The molecule has 0 saturated heterocycles. The molecule has 3 aromatic rings. The largest absolute Gasteiger partial charge is 0.411 e. The smallest absolute Gasteiger partial charge is 0.150 e. The van der Waals surface area contributed by atoms with Crippen molar-refractivity contribution < 1.29 is 9.60 Å². The van der Waals surface area contributed by atoms with E-state index >= 15 is 0 Å². The molecule has 0 bridgehead atoms. The lowest BCUT2D eigenvalue weighted by molar-refractivity contribution is 0.321. The molecule has 6 heteroatoms. The van der Waals surface area contributed by atoms with Crippen molar-refractivity contribution >= 4 is 22.8 Å². The van der Waals surface area contributed by atoms with Crippen LogP contribution >= 0.6 is 0 Å². The minimum Gasteiger partial charge on any atom is -0.411 e. The fourth-order valence-electron chi connectivity index (χ4n) is 3.65. The molecular formula is C23H21FN4O. The molecule has 2 N–H and O–H groups in total. The Morgan fingerprint density at radius 3 is 2.90 bits per heavy atom. The van der Waals surface area contributed by atoms with Crippen LogP contribution in [0.25, 0.3) is 10.9 Å². The molecule has 0 spiro atoms. The number of anilines is 1. The van der Waals surface area contributed by atoms with E-state index in [1.165, 1.54) is 41.9 Å². The van der Waals surface area contributed by atoms with E-state index in [0.717, 1.165) is 30.0 Å². The zero-order valence-electron chi connectivity index (χ0n) is 16.0. The first-order valence-electron chi connectivity index (χ1n) is 9.73. The summed E-state index contributed by atoms with van der Waals surface area (Å²) in [6.45, 7) is 0.694. The summed E-state index contributed by atoms with van der Waals surface area (Å²) in [5, 5.41) is 16.1. The third-order valence-corrected chi connectivity index (χ3v) is 4.99. The van der Waals surface area contributed by atoms with Gasteiger partial charge in [-0.2, -0.15) is 0 Å². The van der Waals surface area contributed by atoms with E-state index in [4.69, 9.17) is 10.2 Å². The molecule has 0 saturated carbocycles. The quantitative estimate of drug-likeness (QED) is 0.230. The number of hydrogen-bond acceptors (Lipinski definition) is 5. The summed E-state index contributed by atoms with van der Waals surface area (Å²) in [7, 11) is 0. The Morgan fingerprint density at radius 2 is 2.00 bits per heavy atom. The van der Waals surface area contributed by atoms with Gasteiger partial charge in [-0.15, -0.1) is 0 Å². The van der Waals surface area contributed by atoms with Crippen LogP contribution in [0.2, 0.25) is 0 Å². The molecule has 2 aromatic heterocycles. The van der Waals surface area contributed by atoms with Gasteiger partial charge in [-0.3, -0.25) is 4.98 Å². The average Bonchev–Trinajstić information content (AvgIpc) is 2.75. The second kappa shape index (κ2) is 8.70. The van der Waals surface area contributed by atoms with Crippen LogP contribution in [0.5, 0.6) is 0 Å². The van der Waals surface area contributed by atoms with Crippen LogP contribution in [0.1, 0.15) is 41.9 Å². The number of oxime groups is 1. The van der Waals surface area contributed by atoms with Crippen molar-refractivity contribution in [3.05, 3.63) is 64.9 Å². The van der Waals surface area contributed by atoms with Crippen molar-refractivity contribution in [3.8, 4) is 11.8 Å². The fraction of sp³-hybridized carbons (Fsp3) is 0.261. The molecule has 1 aliphatic carbocycles. The molecule has 0 unspecified atom stereocenters. The molecule has 29 heavy (non-hydrogen) atoms. The van der Waals surface area contributed by atoms with Gasteiger partial charge < -0.3 is 10.5 Å². The first-order valence-corrected chi connectivity index (χ1v) is 9.73. The lowest BCUT2D eigenvalue weighted by Crippen LogP contribution is -2.12. The third-order valence-electron chi connectivity index (χ3n) is 4.99. The van der Waals surface area contributed by atoms with Crippen molar-refractivity contribution in [3.63, 3.8) is 0 Å². The number of fused-ring (bicyclic) bond motifs is 2. The third kappa shape index (κ3) is 4.19. The van der Waals surface area contributed by atoms with Gasteiger partial charge in [-0.1, -0.05) is 29.3 Å². The lowest BCUT2D eigenvalue weighted by atomic mass is 9.92. The topological polar surface area (TPSA) is 70.4 Å². The first-order chi connectivity index (χ1) is 14.3. The van der Waals surface area contributed by atoms with Crippen LogP contribution in [0, 0.1) is 17.7 Å². The summed E-state index contributed by atoms with van der Waals surface area (Å²) >= 11 is 0. The van der Waals surface area contributed by atoms with Crippen molar-refractivity contribution in [2.45, 2.75) is 32.1 Å². The highest BCUT2D eigenvalue weighted by Gasteiger charge is 2.17. The van der Waals surface area contributed by atoms with Crippen molar-refractivity contribution in [2.75, 3.05) is 11.9 Å². The normalized spacial score (nSPS) is 13.1. The van der Waals surface area contributed by atoms with Gasteiger partial charge >= 0.3 is 0 Å². The second-order valence-corrected chi connectivity index (χ2v) is 6.92. The Kier molecular flexibility index (Phi) is 5.66. The van der Waals surface area contributed by atoms with Gasteiger partial charge in [0.2, 0.25) is 0 Å². The number of rotatable bonds is 4. The van der Waals surface area contributed by atoms with Crippen molar-refractivity contribution in [1.82, 2.24) is 9.97 Å². The van der Waals surface area contributed by atoms with E-state index in [-0.39, 0.29) is 5.69 Å². The highest BCUT2D eigenvalue weighted by molar-refractivity contribution is 5.93. The molecule has 0 fully saturated rings. The summed E-state index contributed by atoms with van der Waals surface area (Å²) < 4.78 is 13.5. The zero-order valence-corrected chi connectivity index (χ0v) is 16.0. The average molecular weight is 388 g/mol. The number of aryl methyl sites for hydroxylation is 1. The van der Waals surface area contributed by atoms with Crippen LogP contribution in [0.15, 0.2) is 41.6 Å². The van der Waals surface area contributed by atoms with Crippen LogP contribution in [0.4, 0.5) is 10.1 Å². The van der Waals surface area contributed by atoms with Crippen LogP contribution in [0.3, 0.4) is 0 Å². The Balaban J connectivity index is 1.49. The molecule has 0 atom stereocenters. The molecule has 146 valence electrons. The van der Waals surface area contributed by atoms with E-state index in [0.29, 0.717) is 18.7 Å². The maximum atomic E-state index is 13.5. The number of hydrogen-bond donors (Lipinski definition) is 2. The monoisotopic (exact) mass is 388 g/mol. The molecule has 2 heterocycles. The van der Waals surface area contributed by atoms with E-state index in [1.807, 2.05) is 12.1 Å². The highest BCUT2D eigenvalue weighted by atomic mass is 19.1. The van der Waals surface area contributed by atoms with Gasteiger partial charge in [0.1, 0.15) is 11.4 Å². The van der Waals surface area contributed by atoms with Gasteiger partial charge in [0.05, 0.1) is 11.7 Å². The lowest BCUT2D eigenvalue weighted by Gasteiger charge is -2.21. The highest BCUT2D eigenvalue weighted by Crippen LogP contribution is 2.33. The number of para-hydroxylation sites is 1. The molecular weight excluding hydrogens is 367 g/mol. The number of aromatic nitrogens is 2. The van der Waals surface area contributed by atoms with Gasteiger partial charge in [0.15, 0.2) is 5.82 Å². The predicted octanol–water partition coefficient (Wildman–Crippen LogP) is 4.31. The number of halogens is 1. The van der Waals surface area contributed by atoms with Crippen LogP contribution in [-0.2, 0) is 12.8 Å². The van der Waals surface area contributed by atoms with Crippen LogP contribution in [-0.4, -0.2) is 27.9 Å². The van der Waals surface area contributed by atoms with Crippen LogP contribution < -0.4 is 5.32 Å². The number of nitrogens with one attached hydrogen (secondary N) is 1. The second-order valence-electron chi connectivity index (χ2n) is 6.92.